The van der Waals surface area contributed by atoms with Gasteiger partial charge in [-0.15, -0.1) is 0 Å². The highest BCUT2D eigenvalue weighted by Gasteiger charge is 2.20. The molecule has 2 unspecified atom stereocenters. The maximum absolute atomic E-state index is 9.09. The number of hydrogen-bond acceptors (Lipinski definition) is 4. The van der Waals surface area contributed by atoms with E-state index in [1.165, 1.54) is 0 Å². The number of hydrogen-bond donors (Lipinski definition) is 2. The number of nitrogens with zero attached hydrogens (tertiary/aromatic N) is 2. The first kappa shape index (κ1) is 12.1. The third-order valence-electron chi connectivity index (χ3n) is 2.70. The SMILES string of the molecule is CC(CO)N(C)C(CN)c1ccccn1. The molecule has 4 nitrogen and oxygen atoms in total. The molecule has 1 heterocycles. The van der Waals surface area contributed by atoms with Crippen molar-refractivity contribution in [2.45, 2.75) is 19.0 Å². The van der Waals surface area contributed by atoms with E-state index in [4.69, 9.17) is 10.8 Å². The molecule has 0 radical (unpaired) electrons. The number of aliphatic hydroxyl groups excluding tert-OH is 1. The Labute approximate surface area is 90.7 Å². The molecule has 1 aromatic heterocycles. The van der Waals surface area contributed by atoms with Crippen molar-refractivity contribution < 1.29 is 5.11 Å². The van der Waals surface area contributed by atoms with E-state index in [1.807, 2.05) is 37.1 Å². The van der Waals surface area contributed by atoms with Crippen LogP contribution < -0.4 is 5.73 Å². The van der Waals surface area contributed by atoms with E-state index in [2.05, 4.69) is 4.98 Å². The van der Waals surface area contributed by atoms with Crippen molar-refractivity contribution in [2.24, 2.45) is 5.73 Å². The predicted molar refractivity (Wildman–Crippen MR) is 60.3 cm³/mol. The van der Waals surface area contributed by atoms with E-state index in [0.29, 0.717) is 6.54 Å². The van der Waals surface area contributed by atoms with Crippen molar-refractivity contribution in [3.63, 3.8) is 0 Å². The Morgan fingerprint density at radius 1 is 1.53 bits per heavy atom. The Balaban J connectivity index is 2.80. The average Bonchev–Trinajstić information content (AvgIpc) is 2.30. The van der Waals surface area contributed by atoms with E-state index >= 15 is 0 Å². The van der Waals surface area contributed by atoms with E-state index in [0.717, 1.165) is 5.69 Å². The van der Waals surface area contributed by atoms with E-state index in [1.54, 1.807) is 6.20 Å². The van der Waals surface area contributed by atoms with Crippen LogP contribution in [0.15, 0.2) is 24.4 Å². The molecule has 0 aliphatic rings. The molecule has 1 aromatic rings. The topological polar surface area (TPSA) is 62.4 Å². The molecule has 0 bridgehead atoms. The van der Waals surface area contributed by atoms with Crippen LogP contribution in [0.25, 0.3) is 0 Å². The summed E-state index contributed by atoms with van der Waals surface area (Å²) in [4.78, 5) is 6.33. The van der Waals surface area contributed by atoms with Crippen LogP contribution in [0.4, 0.5) is 0 Å². The van der Waals surface area contributed by atoms with Gasteiger partial charge in [-0.3, -0.25) is 9.88 Å². The van der Waals surface area contributed by atoms with Gasteiger partial charge in [-0.05, 0) is 26.1 Å². The lowest BCUT2D eigenvalue weighted by molar-refractivity contribution is 0.121. The molecule has 2 atom stereocenters. The van der Waals surface area contributed by atoms with Gasteiger partial charge in [0.05, 0.1) is 18.3 Å². The van der Waals surface area contributed by atoms with Gasteiger partial charge in [0.2, 0.25) is 0 Å². The largest absolute Gasteiger partial charge is 0.395 e. The first-order valence-electron chi connectivity index (χ1n) is 5.14. The molecule has 84 valence electrons. The zero-order valence-corrected chi connectivity index (χ0v) is 9.30. The highest BCUT2D eigenvalue weighted by atomic mass is 16.3. The summed E-state index contributed by atoms with van der Waals surface area (Å²) in [6.07, 6.45) is 1.76. The summed E-state index contributed by atoms with van der Waals surface area (Å²) in [5, 5.41) is 9.09. The summed E-state index contributed by atoms with van der Waals surface area (Å²) in [5.74, 6) is 0. The second-order valence-corrected chi connectivity index (χ2v) is 3.70. The molecular formula is C11H19N3O. The fourth-order valence-electron chi connectivity index (χ4n) is 1.50. The monoisotopic (exact) mass is 209 g/mol. The first-order valence-corrected chi connectivity index (χ1v) is 5.14. The third kappa shape index (κ3) is 2.99. The molecule has 4 heteroatoms. The van der Waals surface area contributed by atoms with Crippen LogP contribution in [-0.4, -0.2) is 41.2 Å². The molecule has 15 heavy (non-hydrogen) atoms. The Kier molecular flexibility index (Phi) is 4.68. The molecule has 0 amide bonds. The third-order valence-corrected chi connectivity index (χ3v) is 2.70. The Hall–Kier alpha value is -0.970. The minimum Gasteiger partial charge on any atom is -0.395 e. The second-order valence-electron chi connectivity index (χ2n) is 3.70. The van der Waals surface area contributed by atoms with E-state index < -0.39 is 0 Å². The van der Waals surface area contributed by atoms with Gasteiger partial charge in [-0.1, -0.05) is 6.07 Å². The standard InChI is InChI=1S/C11H19N3O/c1-9(8-15)14(2)11(7-12)10-5-3-4-6-13-10/h3-6,9,11,15H,7-8,12H2,1-2H3. The number of aromatic nitrogens is 1. The van der Waals surface area contributed by atoms with Crippen LogP contribution in [0.1, 0.15) is 18.7 Å². The summed E-state index contributed by atoms with van der Waals surface area (Å²) >= 11 is 0. The summed E-state index contributed by atoms with van der Waals surface area (Å²) in [6, 6.07) is 5.93. The van der Waals surface area contributed by atoms with Gasteiger partial charge in [0, 0.05) is 18.8 Å². The molecule has 0 fully saturated rings. The van der Waals surface area contributed by atoms with Crippen molar-refractivity contribution in [1.29, 1.82) is 0 Å². The average molecular weight is 209 g/mol. The highest BCUT2D eigenvalue weighted by molar-refractivity contribution is 5.09. The lowest BCUT2D eigenvalue weighted by Gasteiger charge is -2.30. The zero-order chi connectivity index (χ0) is 11.3. The second kappa shape index (κ2) is 5.80. The van der Waals surface area contributed by atoms with Gasteiger partial charge >= 0.3 is 0 Å². The Morgan fingerprint density at radius 2 is 2.27 bits per heavy atom. The Morgan fingerprint density at radius 3 is 2.73 bits per heavy atom. The van der Waals surface area contributed by atoms with Crippen molar-refractivity contribution in [1.82, 2.24) is 9.88 Å². The quantitative estimate of drug-likeness (QED) is 0.736. The van der Waals surface area contributed by atoms with Crippen LogP contribution in [0, 0.1) is 0 Å². The highest BCUT2D eigenvalue weighted by Crippen LogP contribution is 2.17. The lowest BCUT2D eigenvalue weighted by Crippen LogP contribution is -2.39. The molecule has 0 saturated carbocycles. The van der Waals surface area contributed by atoms with Crippen LogP contribution in [0.2, 0.25) is 0 Å². The molecule has 3 N–H and O–H groups in total. The van der Waals surface area contributed by atoms with Crippen molar-refractivity contribution in [2.75, 3.05) is 20.2 Å². The van der Waals surface area contributed by atoms with Crippen LogP contribution >= 0.6 is 0 Å². The van der Waals surface area contributed by atoms with Gasteiger partial charge in [0.15, 0.2) is 0 Å². The van der Waals surface area contributed by atoms with Gasteiger partial charge in [0.1, 0.15) is 0 Å². The molecule has 0 saturated heterocycles. The molecule has 0 aromatic carbocycles. The number of aliphatic hydroxyl groups is 1. The molecule has 0 aliphatic carbocycles. The van der Waals surface area contributed by atoms with Crippen molar-refractivity contribution in [3.05, 3.63) is 30.1 Å². The Bertz CT molecular complexity index is 278. The number of likely N-dealkylation sites (N-methyl/N-ethyl adjacent to an activating group) is 1. The van der Waals surface area contributed by atoms with Gasteiger partial charge in [-0.2, -0.15) is 0 Å². The van der Waals surface area contributed by atoms with Crippen LogP contribution in [-0.2, 0) is 0 Å². The van der Waals surface area contributed by atoms with E-state index in [9.17, 15) is 0 Å². The number of rotatable bonds is 5. The first-order chi connectivity index (χ1) is 7.20. The fourth-order valence-corrected chi connectivity index (χ4v) is 1.50. The summed E-state index contributed by atoms with van der Waals surface area (Å²) < 4.78 is 0. The van der Waals surface area contributed by atoms with Crippen molar-refractivity contribution in [3.8, 4) is 0 Å². The van der Waals surface area contributed by atoms with Gasteiger partial charge < -0.3 is 10.8 Å². The summed E-state index contributed by atoms with van der Waals surface area (Å²) in [5.41, 5.74) is 6.68. The molecule has 0 aliphatic heterocycles. The molecule has 1 rings (SSSR count). The van der Waals surface area contributed by atoms with Crippen molar-refractivity contribution >= 4 is 0 Å². The molecular weight excluding hydrogens is 190 g/mol. The zero-order valence-electron chi connectivity index (χ0n) is 9.30. The summed E-state index contributed by atoms with van der Waals surface area (Å²) in [7, 11) is 1.95. The number of pyridine rings is 1. The van der Waals surface area contributed by atoms with Crippen LogP contribution in [0.3, 0.4) is 0 Å². The minimum absolute atomic E-state index is 0.0633. The van der Waals surface area contributed by atoms with Gasteiger partial charge in [0.25, 0.3) is 0 Å². The van der Waals surface area contributed by atoms with Gasteiger partial charge in [-0.25, -0.2) is 0 Å². The smallest absolute Gasteiger partial charge is 0.0645 e. The maximum atomic E-state index is 9.09. The summed E-state index contributed by atoms with van der Waals surface area (Å²) in [6.45, 7) is 2.59. The normalized spacial score (nSPS) is 15.3. The lowest BCUT2D eigenvalue weighted by atomic mass is 10.1. The molecule has 0 spiro atoms. The number of nitrogens with two attached hydrogens (primary N) is 1. The minimum atomic E-state index is 0.0633. The van der Waals surface area contributed by atoms with E-state index in [-0.39, 0.29) is 18.7 Å². The maximum Gasteiger partial charge on any atom is 0.0645 e. The van der Waals surface area contributed by atoms with Crippen LogP contribution in [0.5, 0.6) is 0 Å². The predicted octanol–water partition coefficient (Wildman–Crippen LogP) is 0.394. The fraction of sp³-hybridized carbons (Fsp3) is 0.545.